The molecular formula is C22H23BrFN3O3S. The van der Waals surface area contributed by atoms with Crippen LogP contribution >= 0.6 is 15.9 Å². The van der Waals surface area contributed by atoms with Gasteiger partial charge in [0.25, 0.3) is 0 Å². The summed E-state index contributed by atoms with van der Waals surface area (Å²) in [6, 6.07) is 16.5. The van der Waals surface area contributed by atoms with Gasteiger partial charge in [-0.3, -0.25) is 4.90 Å². The first-order chi connectivity index (χ1) is 14.9. The second-order valence-corrected chi connectivity index (χ2v) is 10.0. The van der Waals surface area contributed by atoms with Gasteiger partial charge in [-0.05, 0) is 60.7 Å². The van der Waals surface area contributed by atoms with Crippen molar-refractivity contribution >= 4 is 31.6 Å². The number of benzene rings is 2. The van der Waals surface area contributed by atoms with E-state index in [1.807, 2.05) is 6.07 Å². The molecule has 31 heavy (non-hydrogen) atoms. The molecule has 164 valence electrons. The van der Waals surface area contributed by atoms with Gasteiger partial charge < -0.3 is 9.32 Å². The van der Waals surface area contributed by atoms with E-state index in [0.717, 1.165) is 36.3 Å². The molecule has 0 spiro atoms. The number of nitrogens with zero attached hydrogens (tertiary/aromatic N) is 2. The lowest BCUT2D eigenvalue weighted by molar-refractivity contribution is 0.166. The monoisotopic (exact) mass is 507 g/mol. The van der Waals surface area contributed by atoms with Crippen molar-refractivity contribution in [3.8, 4) is 0 Å². The van der Waals surface area contributed by atoms with Gasteiger partial charge in [-0.15, -0.1) is 0 Å². The van der Waals surface area contributed by atoms with E-state index in [2.05, 4.69) is 30.5 Å². The van der Waals surface area contributed by atoms with E-state index in [1.165, 1.54) is 12.1 Å². The molecular weight excluding hydrogens is 485 g/mol. The number of nitrogens with one attached hydrogen (secondary N) is 1. The summed E-state index contributed by atoms with van der Waals surface area (Å²) in [6.45, 7) is 3.15. The fraction of sp³-hybridized carbons (Fsp3) is 0.273. The van der Waals surface area contributed by atoms with Crippen LogP contribution in [0, 0.1) is 5.82 Å². The van der Waals surface area contributed by atoms with Gasteiger partial charge in [0.15, 0.2) is 0 Å². The summed E-state index contributed by atoms with van der Waals surface area (Å²) in [6.07, 6.45) is 1.60. The molecule has 2 heterocycles. The molecule has 1 aromatic heterocycles. The third-order valence-electron chi connectivity index (χ3n) is 5.41. The number of sulfonamides is 1. The maximum absolute atomic E-state index is 13.2. The number of anilines is 1. The van der Waals surface area contributed by atoms with Gasteiger partial charge in [0.2, 0.25) is 10.0 Å². The Morgan fingerprint density at radius 3 is 2.29 bits per heavy atom. The van der Waals surface area contributed by atoms with Gasteiger partial charge in [-0.2, -0.15) is 0 Å². The van der Waals surface area contributed by atoms with Crippen LogP contribution in [-0.2, 0) is 10.0 Å². The van der Waals surface area contributed by atoms with Crippen molar-refractivity contribution in [1.29, 1.82) is 0 Å². The Bertz CT molecular complexity index is 1080. The van der Waals surface area contributed by atoms with E-state index >= 15 is 0 Å². The molecule has 0 amide bonds. The first kappa shape index (κ1) is 22.0. The predicted molar refractivity (Wildman–Crippen MR) is 121 cm³/mol. The number of rotatable bonds is 7. The van der Waals surface area contributed by atoms with Gasteiger partial charge in [0, 0.05) is 42.9 Å². The normalized spacial score (nSPS) is 16.4. The quantitative estimate of drug-likeness (QED) is 0.523. The van der Waals surface area contributed by atoms with Crippen LogP contribution in [0.1, 0.15) is 11.8 Å². The highest BCUT2D eigenvalue weighted by Gasteiger charge is 2.28. The van der Waals surface area contributed by atoms with Crippen LogP contribution in [0.25, 0.3) is 0 Å². The van der Waals surface area contributed by atoms with Gasteiger partial charge in [-0.1, -0.05) is 15.9 Å². The van der Waals surface area contributed by atoms with Crippen molar-refractivity contribution in [3.63, 3.8) is 0 Å². The zero-order valence-electron chi connectivity index (χ0n) is 16.7. The number of halogens is 2. The standard InChI is InChI=1S/C22H23BrFN3O3S/c23-17-3-9-20(10-4-17)31(28,29)25-16-21(22-2-1-15-30-22)27-13-11-26(12-14-27)19-7-5-18(24)6-8-19/h1-10,15,21,25H,11-14,16H2/t21-/m1/s1. The van der Waals surface area contributed by atoms with Crippen LogP contribution in [0.4, 0.5) is 10.1 Å². The molecule has 4 rings (SSSR count). The maximum atomic E-state index is 13.2. The molecule has 3 aromatic rings. The first-order valence-electron chi connectivity index (χ1n) is 9.95. The molecule has 0 aliphatic carbocycles. The van der Waals surface area contributed by atoms with Crippen molar-refractivity contribution in [1.82, 2.24) is 9.62 Å². The summed E-state index contributed by atoms with van der Waals surface area (Å²) in [5.74, 6) is 0.465. The van der Waals surface area contributed by atoms with Crippen LogP contribution in [-0.4, -0.2) is 46.0 Å². The Morgan fingerprint density at radius 2 is 1.68 bits per heavy atom. The Balaban J connectivity index is 1.44. The summed E-state index contributed by atoms with van der Waals surface area (Å²) in [5, 5.41) is 0. The van der Waals surface area contributed by atoms with E-state index in [4.69, 9.17) is 4.42 Å². The minimum atomic E-state index is -3.64. The zero-order chi connectivity index (χ0) is 21.8. The molecule has 1 N–H and O–H groups in total. The number of hydrogen-bond acceptors (Lipinski definition) is 5. The van der Waals surface area contributed by atoms with E-state index in [9.17, 15) is 12.8 Å². The average Bonchev–Trinajstić information content (AvgIpc) is 3.30. The van der Waals surface area contributed by atoms with Crippen LogP contribution in [0.15, 0.2) is 80.7 Å². The fourth-order valence-corrected chi connectivity index (χ4v) is 5.02. The Kier molecular flexibility index (Phi) is 6.76. The minimum absolute atomic E-state index is 0.197. The lowest BCUT2D eigenvalue weighted by Crippen LogP contribution is -2.49. The van der Waals surface area contributed by atoms with E-state index in [-0.39, 0.29) is 23.3 Å². The third kappa shape index (κ3) is 5.35. The summed E-state index contributed by atoms with van der Waals surface area (Å²) >= 11 is 3.32. The summed E-state index contributed by atoms with van der Waals surface area (Å²) in [5.41, 5.74) is 0.978. The average molecular weight is 508 g/mol. The number of hydrogen-bond donors (Lipinski definition) is 1. The van der Waals surface area contributed by atoms with Crippen LogP contribution in [0.2, 0.25) is 0 Å². The Morgan fingerprint density at radius 1 is 1.00 bits per heavy atom. The molecule has 1 atom stereocenters. The Labute approximate surface area is 189 Å². The highest BCUT2D eigenvalue weighted by Crippen LogP contribution is 2.25. The molecule has 1 fully saturated rings. The lowest BCUT2D eigenvalue weighted by Gasteiger charge is -2.39. The predicted octanol–water partition coefficient (Wildman–Crippen LogP) is 4.02. The molecule has 9 heteroatoms. The first-order valence-corrected chi connectivity index (χ1v) is 12.2. The molecule has 2 aromatic carbocycles. The minimum Gasteiger partial charge on any atom is -0.468 e. The van der Waals surface area contributed by atoms with Gasteiger partial charge >= 0.3 is 0 Å². The summed E-state index contributed by atoms with van der Waals surface area (Å²) in [7, 11) is -3.64. The molecule has 6 nitrogen and oxygen atoms in total. The van der Waals surface area contributed by atoms with E-state index in [1.54, 1.807) is 48.7 Å². The summed E-state index contributed by atoms with van der Waals surface area (Å²) in [4.78, 5) is 4.62. The molecule has 0 saturated carbocycles. The fourth-order valence-electron chi connectivity index (χ4n) is 3.72. The summed E-state index contributed by atoms with van der Waals surface area (Å²) < 4.78 is 47.9. The topological polar surface area (TPSA) is 65.8 Å². The van der Waals surface area contributed by atoms with Gasteiger partial charge in [0.05, 0.1) is 17.2 Å². The highest BCUT2D eigenvalue weighted by molar-refractivity contribution is 9.10. The van der Waals surface area contributed by atoms with Gasteiger partial charge in [-0.25, -0.2) is 17.5 Å². The second kappa shape index (κ2) is 9.52. The molecule has 1 saturated heterocycles. The smallest absolute Gasteiger partial charge is 0.240 e. The maximum Gasteiger partial charge on any atom is 0.240 e. The SMILES string of the molecule is O=S(=O)(NC[C@H](c1ccco1)N1CCN(c2ccc(F)cc2)CC1)c1ccc(Br)cc1. The van der Waals surface area contributed by atoms with E-state index < -0.39 is 10.0 Å². The van der Waals surface area contributed by atoms with E-state index in [0.29, 0.717) is 5.76 Å². The van der Waals surface area contributed by atoms with Crippen molar-refractivity contribution in [2.75, 3.05) is 37.6 Å². The van der Waals surface area contributed by atoms with Crippen LogP contribution < -0.4 is 9.62 Å². The van der Waals surface area contributed by atoms with Crippen molar-refractivity contribution in [3.05, 3.63) is 83.0 Å². The zero-order valence-corrected chi connectivity index (χ0v) is 19.1. The van der Waals surface area contributed by atoms with Crippen molar-refractivity contribution in [2.24, 2.45) is 0 Å². The second-order valence-electron chi connectivity index (χ2n) is 7.34. The third-order valence-corrected chi connectivity index (χ3v) is 7.38. The van der Waals surface area contributed by atoms with Crippen LogP contribution in [0.3, 0.4) is 0 Å². The number of furan rings is 1. The molecule has 0 bridgehead atoms. The van der Waals surface area contributed by atoms with Gasteiger partial charge in [0.1, 0.15) is 11.6 Å². The Hall–Kier alpha value is -2.20. The van der Waals surface area contributed by atoms with Crippen molar-refractivity contribution in [2.45, 2.75) is 10.9 Å². The molecule has 0 radical (unpaired) electrons. The molecule has 0 unspecified atom stereocenters. The van der Waals surface area contributed by atoms with Crippen molar-refractivity contribution < 1.29 is 17.2 Å². The van der Waals surface area contributed by atoms with Crippen LogP contribution in [0.5, 0.6) is 0 Å². The number of piperazine rings is 1. The highest BCUT2D eigenvalue weighted by atomic mass is 79.9. The molecule has 1 aliphatic heterocycles. The largest absolute Gasteiger partial charge is 0.468 e. The lowest BCUT2D eigenvalue weighted by atomic mass is 10.1. The molecule has 1 aliphatic rings.